The average Bonchev–Trinajstić information content (AvgIpc) is 2.95. The average molecular weight is 271 g/mol. The largest absolute Gasteiger partial charge is 0.366 e. The Labute approximate surface area is 116 Å². The highest BCUT2D eigenvalue weighted by atomic mass is 16.2. The Balaban J connectivity index is 1.61. The summed E-state index contributed by atoms with van der Waals surface area (Å²) in [6.07, 6.45) is 6.76. The molecule has 3 heterocycles. The second-order valence-electron chi connectivity index (χ2n) is 4.91. The van der Waals surface area contributed by atoms with Crippen LogP contribution >= 0.6 is 0 Å². The fourth-order valence-electron chi connectivity index (χ4n) is 2.48. The molecule has 6 heteroatoms. The lowest BCUT2D eigenvalue weighted by Crippen LogP contribution is -2.41. The van der Waals surface area contributed by atoms with Gasteiger partial charge in [-0.2, -0.15) is 0 Å². The van der Waals surface area contributed by atoms with Crippen LogP contribution in [0.25, 0.3) is 11.2 Å². The van der Waals surface area contributed by atoms with Crippen molar-refractivity contribution in [1.29, 1.82) is 0 Å². The standard InChI is InChI=1S/C14H17N5O/c1-2-13(20)19-7-4-10(5-8-19)17-12-9-16-14-11(18-12)3-6-15-14/h2-3,6,9-10H,1,4-5,7-8H2,(H,15,16)(H,17,18). The fourth-order valence-corrected chi connectivity index (χ4v) is 2.48. The second-order valence-corrected chi connectivity index (χ2v) is 4.91. The van der Waals surface area contributed by atoms with Gasteiger partial charge in [-0.05, 0) is 25.0 Å². The van der Waals surface area contributed by atoms with E-state index < -0.39 is 0 Å². The third-order valence-electron chi connectivity index (χ3n) is 3.59. The number of aromatic nitrogens is 3. The first-order valence-corrected chi connectivity index (χ1v) is 6.74. The molecule has 0 radical (unpaired) electrons. The van der Waals surface area contributed by atoms with Crippen molar-refractivity contribution in [2.24, 2.45) is 0 Å². The number of rotatable bonds is 3. The van der Waals surface area contributed by atoms with Gasteiger partial charge in [0.05, 0.1) is 6.20 Å². The summed E-state index contributed by atoms with van der Waals surface area (Å²) in [6, 6.07) is 2.23. The maximum Gasteiger partial charge on any atom is 0.245 e. The molecule has 2 aromatic heterocycles. The van der Waals surface area contributed by atoms with Crippen LogP contribution in [0.5, 0.6) is 0 Å². The maximum atomic E-state index is 11.5. The van der Waals surface area contributed by atoms with Crippen molar-refractivity contribution < 1.29 is 4.79 Å². The predicted octanol–water partition coefficient (Wildman–Crippen LogP) is 1.55. The topological polar surface area (TPSA) is 73.9 Å². The molecule has 1 aliphatic heterocycles. The summed E-state index contributed by atoms with van der Waals surface area (Å²) in [4.78, 5) is 25.2. The van der Waals surface area contributed by atoms with Crippen molar-refractivity contribution in [1.82, 2.24) is 19.9 Å². The third-order valence-corrected chi connectivity index (χ3v) is 3.59. The van der Waals surface area contributed by atoms with Gasteiger partial charge in [-0.3, -0.25) is 4.79 Å². The third kappa shape index (κ3) is 2.49. The number of carbonyl (C=O) groups excluding carboxylic acids is 1. The number of nitrogens with one attached hydrogen (secondary N) is 2. The molecule has 20 heavy (non-hydrogen) atoms. The lowest BCUT2D eigenvalue weighted by atomic mass is 10.1. The minimum absolute atomic E-state index is 0.0111. The number of piperidine rings is 1. The molecule has 0 aromatic carbocycles. The Kier molecular flexibility index (Phi) is 3.37. The van der Waals surface area contributed by atoms with Gasteiger partial charge in [0.25, 0.3) is 0 Å². The molecule has 1 amide bonds. The molecule has 1 fully saturated rings. The van der Waals surface area contributed by atoms with E-state index in [2.05, 4.69) is 26.8 Å². The van der Waals surface area contributed by atoms with Crippen LogP contribution in [0, 0.1) is 0 Å². The lowest BCUT2D eigenvalue weighted by Gasteiger charge is -2.31. The molecule has 0 unspecified atom stereocenters. The number of carbonyl (C=O) groups is 1. The number of hydrogen-bond acceptors (Lipinski definition) is 4. The smallest absolute Gasteiger partial charge is 0.245 e. The quantitative estimate of drug-likeness (QED) is 0.831. The van der Waals surface area contributed by atoms with Crippen molar-refractivity contribution in [2.45, 2.75) is 18.9 Å². The van der Waals surface area contributed by atoms with E-state index in [0.717, 1.165) is 42.9 Å². The maximum absolute atomic E-state index is 11.5. The van der Waals surface area contributed by atoms with Crippen LogP contribution in [0.3, 0.4) is 0 Å². The van der Waals surface area contributed by atoms with Gasteiger partial charge in [-0.15, -0.1) is 0 Å². The van der Waals surface area contributed by atoms with Crippen LogP contribution in [0.1, 0.15) is 12.8 Å². The van der Waals surface area contributed by atoms with E-state index in [1.807, 2.05) is 17.2 Å². The van der Waals surface area contributed by atoms with Crippen LogP contribution in [-0.4, -0.2) is 44.9 Å². The number of H-pyrrole nitrogens is 1. The van der Waals surface area contributed by atoms with Gasteiger partial charge in [0.15, 0.2) is 5.65 Å². The number of hydrogen-bond donors (Lipinski definition) is 2. The molecule has 0 atom stereocenters. The molecule has 3 rings (SSSR count). The molecular formula is C14H17N5O. The summed E-state index contributed by atoms with van der Waals surface area (Å²) in [6.45, 7) is 5.02. The Morgan fingerprint density at radius 3 is 3.05 bits per heavy atom. The SMILES string of the molecule is C=CC(=O)N1CCC(Nc2cnc3[nH]ccc3n2)CC1. The van der Waals surface area contributed by atoms with E-state index in [0.29, 0.717) is 6.04 Å². The Morgan fingerprint density at radius 2 is 2.30 bits per heavy atom. The van der Waals surface area contributed by atoms with E-state index in [-0.39, 0.29) is 5.91 Å². The van der Waals surface area contributed by atoms with Gasteiger partial charge in [-0.25, -0.2) is 9.97 Å². The molecule has 2 aromatic rings. The Hall–Kier alpha value is -2.37. The summed E-state index contributed by atoms with van der Waals surface area (Å²) in [7, 11) is 0. The highest BCUT2D eigenvalue weighted by Gasteiger charge is 2.21. The van der Waals surface area contributed by atoms with Crippen LogP contribution < -0.4 is 5.32 Å². The van der Waals surface area contributed by atoms with Crippen molar-refractivity contribution in [2.75, 3.05) is 18.4 Å². The summed E-state index contributed by atoms with van der Waals surface area (Å²) in [5.41, 5.74) is 1.65. The van der Waals surface area contributed by atoms with Crippen LogP contribution in [0.4, 0.5) is 5.82 Å². The molecule has 1 saturated heterocycles. The van der Waals surface area contributed by atoms with Gasteiger partial charge >= 0.3 is 0 Å². The van der Waals surface area contributed by atoms with Crippen molar-refractivity contribution >= 4 is 22.9 Å². The zero-order chi connectivity index (χ0) is 13.9. The molecule has 0 saturated carbocycles. The zero-order valence-electron chi connectivity index (χ0n) is 11.2. The molecular weight excluding hydrogens is 254 g/mol. The Bertz CT molecular complexity index is 627. The zero-order valence-corrected chi connectivity index (χ0v) is 11.2. The molecule has 6 nitrogen and oxygen atoms in total. The number of nitrogens with zero attached hydrogens (tertiary/aromatic N) is 3. The first-order valence-electron chi connectivity index (χ1n) is 6.74. The summed E-state index contributed by atoms with van der Waals surface area (Å²) in [5.74, 6) is 0.794. The first-order chi connectivity index (χ1) is 9.76. The van der Waals surface area contributed by atoms with Gasteiger partial charge < -0.3 is 15.2 Å². The van der Waals surface area contributed by atoms with E-state index in [1.54, 1.807) is 6.20 Å². The number of likely N-dealkylation sites (tertiary alicyclic amines) is 1. The number of aromatic amines is 1. The van der Waals surface area contributed by atoms with Gasteiger partial charge in [-0.1, -0.05) is 6.58 Å². The number of amides is 1. The second kappa shape index (κ2) is 5.32. The van der Waals surface area contributed by atoms with Gasteiger partial charge in [0.2, 0.25) is 5.91 Å². The molecule has 0 spiro atoms. The summed E-state index contributed by atoms with van der Waals surface area (Å²) >= 11 is 0. The molecule has 0 bridgehead atoms. The normalized spacial score (nSPS) is 16.3. The van der Waals surface area contributed by atoms with Crippen molar-refractivity contribution in [3.8, 4) is 0 Å². The minimum atomic E-state index is 0.0111. The highest BCUT2D eigenvalue weighted by molar-refractivity contribution is 5.87. The monoisotopic (exact) mass is 271 g/mol. The number of fused-ring (bicyclic) bond motifs is 1. The van der Waals surface area contributed by atoms with Gasteiger partial charge in [0, 0.05) is 25.3 Å². The van der Waals surface area contributed by atoms with Crippen LogP contribution in [-0.2, 0) is 4.79 Å². The van der Waals surface area contributed by atoms with Crippen molar-refractivity contribution in [3.63, 3.8) is 0 Å². The lowest BCUT2D eigenvalue weighted by molar-refractivity contribution is -0.126. The van der Waals surface area contributed by atoms with E-state index in [4.69, 9.17) is 0 Å². The minimum Gasteiger partial charge on any atom is -0.366 e. The number of anilines is 1. The highest BCUT2D eigenvalue weighted by Crippen LogP contribution is 2.16. The predicted molar refractivity (Wildman–Crippen MR) is 77.3 cm³/mol. The van der Waals surface area contributed by atoms with E-state index >= 15 is 0 Å². The first kappa shape index (κ1) is 12.7. The van der Waals surface area contributed by atoms with E-state index in [1.165, 1.54) is 6.08 Å². The molecule has 0 aliphatic carbocycles. The van der Waals surface area contributed by atoms with Crippen LogP contribution in [0.2, 0.25) is 0 Å². The molecule has 2 N–H and O–H groups in total. The molecule has 1 aliphatic rings. The summed E-state index contributed by atoms with van der Waals surface area (Å²) in [5, 5.41) is 3.39. The van der Waals surface area contributed by atoms with Gasteiger partial charge in [0.1, 0.15) is 11.3 Å². The fraction of sp³-hybridized carbons (Fsp3) is 0.357. The van der Waals surface area contributed by atoms with Crippen molar-refractivity contribution in [3.05, 3.63) is 31.1 Å². The summed E-state index contributed by atoms with van der Waals surface area (Å²) < 4.78 is 0. The van der Waals surface area contributed by atoms with E-state index in [9.17, 15) is 4.79 Å². The molecule has 104 valence electrons. The Morgan fingerprint density at radius 1 is 1.50 bits per heavy atom. The van der Waals surface area contributed by atoms with Crippen LogP contribution in [0.15, 0.2) is 31.1 Å².